The van der Waals surface area contributed by atoms with E-state index in [0.717, 1.165) is 11.1 Å². The molecule has 1 fully saturated rings. The molecule has 1 aliphatic heterocycles. The van der Waals surface area contributed by atoms with Gasteiger partial charge in [0, 0.05) is 13.1 Å². The molecule has 3 aromatic rings. The molecular weight excluding hydrogens is 437 g/mol. The maximum absolute atomic E-state index is 13.1. The van der Waals surface area contributed by atoms with Gasteiger partial charge in [-0.15, -0.1) is 0 Å². The molecule has 0 atom stereocenters. The number of sulfonamides is 1. The fourth-order valence-electron chi connectivity index (χ4n) is 3.80. The van der Waals surface area contributed by atoms with Crippen LogP contribution in [0.1, 0.15) is 12.8 Å². The SMILES string of the molecule is O=S(=O)(c1ccccc1)C1CCN(S(=O)(=O)c2ccc(-c3ccc(F)cc3)cc2)CC1. The maximum atomic E-state index is 13.1. The lowest BCUT2D eigenvalue weighted by Gasteiger charge is -2.31. The molecule has 0 unspecified atom stereocenters. The second kappa shape index (κ2) is 8.53. The lowest BCUT2D eigenvalue weighted by Crippen LogP contribution is -2.42. The molecule has 0 bridgehead atoms. The zero-order valence-corrected chi connectivity index (χ0v) is 18.3. The molecule has 0 spiro atoms. The summed E-state index contributed by atoms with van der Waals surface area (Å²) in [7, 11) is -7.21. The minimum absolute atomic E-state index is 0.152. The van der Waals surface area contributed by atoms with Gasteiger partial charge in [0.25, 0.3) is 0 Å². The summed E-state index contributed by atoms with van der Waals surface area (Å²) in [6.45, 7) is 0.303. The highest BCUT2D eigenvalue weighted by molar-refractivity contribution is 7.92. The molecule has 0 radical (unpaired) electrons. The summed E-state index contributed by atoms with van der Waals surface area (Å²) in [6, 6.07) is 20.7. The first-order chi connectivity index (χ1) is 14.8. The maximum Gasteiger partial charge on any atom is 0.243 e. The van der Waals surface area contributed by atoms with Crippen LogP contribution in [0.25, 0.3) is 11.1 Å². The van der Waals surface area contributed by atoms with Gasteiger partial charge in [-0.2, -0.15) is 4.31 Å². The Balaban J connectivity index is 1.47. The average Bonchev–Trinajstić information content (AvgIpc) is 2.80. The Bertz CT molecular complexity index is 1250. The first-order valence-corrected chi connectivity index (χ1v) is 12.9. The van der Waals surface area contributed by atoms with Gasteiger partial charge in [0.05, 0.1) is 15.0 Å². The van der Waals surface area contributed by atoms with Crippen molar-refractivity contribution < 1.29 is 21.2 Å². The van der Waals surface area contributed by atoms with Crippen molar-refractivity contribution in [1.29, 1.82) is 0 Å². The third kappa shape index (κ3) is 4.42. The molecule has 3 aromatic carbocycles. The molecule has 31 heavy (non-hydrogen) atoms. The summed E-state index contributed by atoms with van der Waals surface area (Å²) < 4.78 is 66.1. The first-order valence-electron chi connectivity index (χ1n) is 9.93. The van der Waals surface area contributed by atoms with Gasteiger partial charge in [-0.25, -0.2) is 21.2 Å². The molecule has 0 aromatic heterocycles. The van der Waals surface area contributed by atoms with Gasteiger partial charge in [-0.3, -0.25) is 0 Å². The highest BCUT2D eigenvalue weighted by Crippen LogP contribution is 2.28. The Kier molecular flexibility index (Phi) is 5.96. The number of hydrogen-bond acceptors (Lipinski definition) is 4. The van der Waals surface area contributed by atoms with Crippen molar-refractivity contribution >= 4 is 19.9 Å². The molecular formula is C23H22FNO4S2. The number of piperidine rings is 1. The van der Waals surface area contributed by atoms with E-state index in [1.807, 2.05) is 0 Å². The molecule has 1 aliphatic rings. The zero-order chi connectivity index (χ0) is 22.1. The minimum atomic E-state index is -3.72. The largest absolute Gasteiger partial charge is 0.243 e. The summed E-state index contributed by atoms with van der Waals surface area (Å²) in [5, 5.41) is -0.595. The number of benzene rings is 3. The van der Waals surface area contributed by atoms with Gasteiger partial charge in [-0.1, -0.05) is 42.5 Å². The average molecular weight is 460 g/mol. The van der Waals surface area contributed by atoms with Crippen LogP contribution < -0.4 is 0 Å². The van der Waals surface area contributed by atoms with Gasteiger partial charge in [0.2, 0.25) is 10.0 Å². The second-order valence-corrected chi connectivity index (χ2v) is 11.7. The third-order valence-electron chi connectivity index (χ3n) is 5.58. The van der Waals surface area contributed by atoms with Crippen LogP contribution in [0.4, 0.5) is 4.39 Å². The van der Waals surface area contributed by atoms with E-state index in [0.29, 0.717) is 0 Å². The number of rotatable bonds is 5. The van der Waals surface area contributed by atoms with Crippen LogP contribution in [0.5, 0.6) is 0 Å². The molecule has 162 valence electrons. The topological polar surface area (TPSA) is 71.5 Å². The second-order valence-electron chi connectivity index (χ2n) is 7.49. The van der Waals surface area contributed by atoms with E-state index in [-0.39, 0.29) is 41.5 Å². The van der Waals surface area contributed by atoms with Gasteiger partial charge in [0.15, 0.2) is 9.84 Å². The van der Waals surface area contributed by atoms with Crippen molar-refractivity contribution in [1.82, 2.24) is 4.31 Å². The van der Waals surface area contributed by atoms with Crippen LogP contribution in [0.3, 0.4) is 0 Å². The lowest BCUT2D eigenvalue weighted by molar-refractivity contribution is 0.345. The van der Waals surface area contributed by atoms with Crippen LogP contribution in [0, 0.1) is 5.82 Å². The summed E-state index contributed by atoms with van der Waals surface area (Å²) in [5.41, 5.74) is 1.57. The molecule has 0 amide bonds. The smallest absolute Gasteiger partial charge is 0.223 e. The fraction of sp³-hybridized carbons (Fsp3) is 0.217. The monoisotopic (exact) mass is 459 g/mol. The molecule has 1 heterocycles. The van der Waals surface area contributed by atoms with Crippen LogP contribution in [0.2, 0.25) is 0 Å². The van der Waals surface area contributed by atoms with Crippen LogP contribution in [-0.2, 0) is 19.9 Å². The number of sulfone groups is 1. The Morgan fingerprint density at radius 1 is 0.677 bits per heavy atom. The van der Waals surface area contributed by atoms with Gasteiger partial charge in [-0.05, 0) is 60.4 Å². The molecule has 8 heteroatoms. The number of hydrogen-bond donors (Lipinski definition) is 0. The highest BCUT2D eigenvalue weighted by atomic mass is 32.2. The Hall–Kier alpha value is -2.55. The van der Waals surface area contributed by atoms with Gasteiger partial charge >= 0.3 is 0 Å². The molecule has 0 N–H and O–H groups in total. The summed E-state index contributed by atoms with van der Waals surface area (Å²) in [6.07, 6.45) is 0.508. The van der Waals surface area contributed by atoms with E-state index in [2.05, 4.69) is 0 Å². The Labute approximate surface area is 182 Å². The van der Waals surface area contributed by atoms with Crippen molar-refractivity contribution in [2.24, 2.45) is 0 Å². The van der Waals surface area contributed by atoms with Crippen molar-refractivity contribution in [2.45, 2.75) is 27.9 Å². The van der Waals surface area contributed by atoms with Gasteiger partial charge in [0.1, 0.15) is 5.82 Å². The number of halogens is 1. The molecule has 4 rings (SSSR count). The van der Waals surface area contributed by atoms with E-state index >= 15 is 0 Å². The van der Waals surface area contributed by atoms with Crippen LogP contribution >= 0.6 is 0 Å². The Morgan fingerprint density at radius 2 is 1.19 bits per heavy atom. The van der Waals surface area contributed by atoms with Gasteiger partial charge < -0.3 is 0 Å². The standard InChI is InChI=1S/C23H22FNO4S2/c24-20-10-6-18(7-11-20)19-8-12-23(13-9-19)31(28,29)25-16-14-22(15-17-25)30(26,27)21-4-2-1-3-5-21/h1-13,22H,14-17H2. The lowest BCUT2D eigenvalue weighted by atomic mass is 10.1. The molecule has 5 nitrogen and oxygen atoms in total. The molecule has 1 saturated heterocycles. The summed E-state index contributed by atoms with van der Waals surface area (Å²) >= 11 is 0. The van der Waals surface area contributed by atoms with E-state index < -0.39 is 25.1 Å². The quantitative estimate of drug-likeness (QED) is 0.575. The van der Waals surface area contributed by atoms with E-state index in [1.165, 1.54) is 28.6 Å². The van der Waals surface area contributed by atoms with Crippen LogP contribution in [0.15, 0.2) is 88.7 Å². The highest BCUT2D eigenvalue weighted by Gasteiger charge is 2.35. The molecule has 0 saturated carbocycles. The van der Waals surface area contributed by atoms with Crippen molar-refractivity contribution in [2.75, 3.05) is 13.1 Å². The predicted molar refractivity (Wildman–Crippen MR) is 117 cm³/mol. The van der Waals surface area contributed by atoms with Crippen LogP contribution in [-0.4, -0.2) is 39.5 Å². The summed E-state index contributed by atoms with van der Waals surface area (Å²) in [4.78, 5) is 0.426. The Morgan fingerprint density at radius 3 is 1.74 bits per heavy atom. The third-order valence-corrected chi connectivity index (χ3v) is 9.77. The van der Waals surface area contributed by atoms with Crippen molar-refractivity contribution in [3.05, 3.63) is 84.7 Å². The van der Waals surface area contributed by atoms with E-state index in [4.69, 9.17) is 0 Å². The predicted octanol–water partition coefficient (Wildman–Crippen LogP) is 4.12. The zero-order valence-electron chi connectivity index (χ0n) is 16.7. The fourth-order valence-corrected chi connectivity index (χ4v) is 7.02. The normalized spacial score (nSPS) is 16.3. The number of nitrogens with zero attached hydrogens (tertiary/aromatic N) is 1. The van der Waals surface area contributed by atoms with Crippen molar-refractivity contribution in [3.8, 4) is 11.1 Å². The van der Waals surface area contributed by atoms with Crippen molar-refractivity contribution in [3.63, 3.8) is 0 Å². The molecule has 0 aliphatic carbocycles. The minimum Gasteiger partial charge on any atom is -0.223 e. The first kappa shape index (κ1) is 21.7. The summed E-state index contributed by atoms with van der Waals surface area (Å²) in [5.74, 6) is -0.333. The van der Waals surface area contributed by atoms with E-state index in [1.54, 1.807) is 54.6 Å². The van der Waals surface area contributed by atoms with E-state index in [9.17, 15) is 21.2 Å².